The number of cyclic esters (lactones) is 1. The Kier molecular flexibility index (Phi) is 5.47. The monoisotopic (exact) mass is 438 g/mol. The molecule has 7 nitrogen and oxygen atoms in total. The molecule has 2 aliphatic rings. The number of carbonyl (C=O) groups is 2. The maximum absolute atomic E-state index is 13.7. The van der Waals surface area contributed by atoms with Gasteiger partial charge in [0.25, 0.3) is 0 Å². The Morgan fingerprint density at radius 1 is 1.19 bits per heavy atom. The van der Waals surface area contributed by atoms with E-state index in [9.17, 15) is 9.59 Å². The van der Waals surface area contributed by atoms with Crippen molar-refractivity contribution in [3.8, 4) is 5.75 Å². The van der Waals surface area contributed by atoms with Gasteiger partial charge in [0.2, 0.25) is 6.10 Å². The largest absolute Gasteiger partial charge is 0.496 e. The third-order valence-electron chi connectivity index (χ3n) is 6.55. The van der Waals surface area contributed by atoms with Crippen molar-refractivity contribution in [1.82, 2.24) is 10.2 Å². The van der Waals surface area contributed by atoms with Crippen molar-refractivity contribution in [3.63, 3.8) is 0 Å². The Morgan fingerprint density at radius 3 is 2.50 bits per heavy atom. The zero-order chi connectivity index (χ0) is 23.3. The second-order valence-electron chi connectivity index (χ2n) is 9.85. The molecule has 2 aromatic rings. The summed E-state index contributed by atoms with van der Waals surface area (Å²) in [5.41, 5.74) is 1.78. The molecule has 1 saturated heterocycles. The molecule has 1 aliphatic carbocycles. The quantitative estimate of drug-likeness (QED) is 0.633. The molecule has 0 spiro atoms. The molecule has 0 radical (unpaired) electrons. The number of aromatic nitrogens is 2. The molecule has 0 bridgehead atoms. The molecule has 1 aromatic heterocycles. The molecule has 1 saturated carbocycles. The van der Waals surface area contributed by atoms with Gasteiger partial charge in [0.1, 0.15) is 17.8 Å². The van der Waals surface area contributed by atoms with Gasteiger partial charge in [-0.15, -0.1) is 0 Å². The van der Waals surface area contributed by atoms with Gasteiger partial charge in [0.15, 0.2) is 0 Å². The molecule has 7 heteroatoms. The molecule has 2 fully saturated rings. The first-order valence-electron chi connectivity index (χ1n) is 11.0. The smallest absolute Gasteiger partial charge is 0.348 e. The van der Waals surface area contributed by atoms with E-state index in [1.165, 1.54) is 0 Å². The lowest BCUT2D eigenvalue weighted by atomic mass is 9.88. The highest BCUT2D eigenvalue weighted by molar-refractivity contribution is 5.92. The van der Waals surface area contributed by atoms with Crippen molar-refractivity contribution >= 4 is 11.9 Å². The first kappa shape index (κ1) is 22.2. The molecule has 0 N–H and O–H groups in total. The molecule has 3 atom stereocenters. The van der Waals surface area contributed by atoms with E-state index in [1.807, 2.05) is 51.1 Å². The van der Waals surface area contributed by atoms with Crippen LogP contribution in [0.25, 0.3) is 0 Å². The van der Waals surface area contributed by atoms with Crippen molar-refractivity contribution in [2.45, 2.75) is 64.4 Å². The number of aryl methyl sites for hydroxylation is 1. The maximum atomic E-state index is 13.7. The number of nitrogens with zero attached hydrogens (tertiary/aromatic N) is 2. The summed E-state index contributed by atoms with van der Waals surface area (Å²) in [5, 5.41) is 8.78. The Hall–Kier alpha value is -2.96. The fraction of sp³-hybridized carbons (Fsp3) is 0.520. The van der Waals surface area contributed by atoms with Crippen LogP contribution in [0.15, 0.2) is 30.3 Å². The number of carbonyl (C=O) groups excluding carboxylic acids is 2. The van der Waals surface area contributed by atoms with Crippen molar-refractivity contribution in [2.75, 3.05) is 13.7 Å². The molecule has 0 unspecified atom stereocenters. The molecule has 170 valence electrons. The first-order valence-corrected chi connectivity index (χ1v) is 11.0. The Morgan fingerprint density at radius 2 is 1.94 bits per heavy atom. The van der Waals surface area contributed by atoms with Gasteiger partial charge in [-0.05, 0) is 37.5 Å². The van der Waals surface area contributed by atoms with Gasteiger partial charge < -0.3 is 14.2 Å². The number of esters is 2. The standard InChI is InChI=1S/C25H30N2O5/c1-14(2)18-8-9-19(27-26-18)17-12-25(17,16-11-15(3)7-10-20(16)30-6)23(29)32-21-22(28)31-13-24(21,4)5/h7-11,14,17,21H,12-13H2,1-6H3/t17-,21+,25-/m1/s1. The fourth-order valence-electron chi connectivity index (χ4n) is 4.42. The Labute approximate surface area is 188 Å². The minimum absolute atomic E-state index is 0.218. The highest BCUT2D eigenvalue weighted by Crippen LogP contribution is 2.63. The van der Waals surface area contributed by atoms with Crippen LogP contribution in [0.4, 0.5) is 0 Å². The number of benzene rings is 1. The summed E-state index contributed by atoms with van der Waals surface area (Å²) in [6.07, 6.45) is -0.442. The van der Waals surface area contributed by atoms with E-state index in [-0.39, 0.29) is 18.4 Å². The summed E-state index contributed by atoms with van der Waals surface area (Å²) in [7, 11) is 1.58. The van der Waals surface area contributed by atoms with Gasteiger partial charge in [-0.25, -0.2) is 4.79 Å². The zero-order valence-corrected chi connectivity index (χ0v) is 19.5. The van der Waals surface area contributed by atoms with Crippen LogP contribution < -0.4 is 4.74 Å². The van der Waals surface area contributed by atoms with E-state index in [0.717, 1.165) is 22.5 Å². The minimum Gasteiger partial charge on any atom is -0.496 e. The SMILES string of the molecule is COc1ccc(C)cc1[C@]1(C(=O)O[C@H]2C(=O)OCC2(C)C)C[C@@H]1c1ccc(C(C)C)nn1. The molecule has 2 heterocycles. The average Bonchev–Trinajstić information content (AvgIpc) is 3.47. The summed E-state index contributed by atoms with van der Waals surface area (Å²) >= 11 is 0. The summed E-state index contributed by atoms with van der Waals surface area (Å²) < 4.78 is 16.6. The van der Waals surface area contributed by atoms with E-state index in [1.54, 1.807) is 7.11 Å². The van der Waals surface area contributed by atoms with Crippen LogP contribution in [-0.4, -0.2) is 42.0 Å². The van der Waals surface area contributed by atoms with E-state index in [4.69, 9.17) is 14.2 Å². The molecule has 32 heavy (non-hydrogen) atoms. The molecule has 4 rings (SSSR count). The van der Waals surface area contributed by atoms with Gasteiger partial charge in [-0.2, -0.15) is 10.2 Å². The molecule has 1 aliphatic heterocycles. The predicted molar refractivity (Wildman–Crippen MR) is 118 cm³/mol. The van der Waals surface area contributed by atoms with Crippen LogP contribution >= 0.6 is 0 Å². The van der Waals surface area contributed by atoms with E-state index < -0.39 is 28.9 Å². The number of methoxy groups -OCH3 is 1. The Bertz CT molecular complexity index is 1050. The van der Waals surface area contributed by atoms with Gasteiger partial charge in [0, 0.05) is 16.9 Å². The second kappa shape index (κ2) is 7.87. The summed E-state index contributed by atoms with van der Waals surface area (Å²) in [6, 6.07) is 9.63. The van der Waals surface area contributed by atoms with Gasteiger partial charge >= 0.3 is 11.9 Å². The first-order chi connectivity index (χ1) is 15.1. The van der Waals surface area contributed by atoms with Crippen LogP contribution in [0.3, 0.4) is 0 Å². The molecule has 0 amide bonds. The average molecular weight is 439 g/mol. The third kappa shape index (κ3) is 3.63. The fourth-order valence-corrected chi connectivity index (χ4v) is 4.42. The van der Waals surface area contributed by atoms with Crippen molar-refractivity contribution < 1.29 is 23.8 Å². The van der Waals surface area contributed by atoms with Crippen LogP contribution in [0, 0.1) is 12.3 Å². The van der Waals surface area contributed by atoms with Crippen LogP contribution in [-0.2, 0) is 24.5 Å². The summed E-state index contributed by atoms with van der Waals surface area (Å²) in [4.78, 5) is 26.0. The molecular weight excluding hydrogens is 408 g/mol. The van der Waals surface area contributed by atoms with Crippen LogP contribution in [0.5, 0.6) is 5.75 Å². The minimum atomic E-state index is -0.996. The highest BCUT2D eigenvalue weighted by atomic mass is 16.6. The normalized spacial score (nSPS) is 26.0. The summed E-state index contributed by atoms with van der Waals surface area (Å²) in [6.45, 7) is 10.0. The molecular formula is C25H30N2O5. The van der Waals surface area contributed by atoms with Gasteiger partial charge in [-0.1, -0.05) is 45.4 Å². The van der Waals surface area contributed by atoms with Crippen molar-refractivity contribution in [3.05, 3.63) is 52.8 Å². The van der Waals surface area contributed by atoms with E-state index >= 15 is 0 Å². The number of ether oxygens (including phenoxy) is 3. The lowest BCUT2D eigenvalue weighted by molar-refractivity contribution is -0.165. The van der Waals surface area contributed by atoms with Crippen molar-refractivity contribution in [1.29, 1.82) is 0 Å². The van der Waals surface area contributed by atoms with Crippen LogP contribution in [0.1, 0.15) is 68.5 Å². The second-order valence-corrected chi connectivity index (χ2v) is 9.85. The lowest BCUT2D eigenvalue weighted by Gasteiger charge is -2.26. The van der Waals surface area contributed by atoms with Crippen LogP contribution in [0.2, 0.25) is 0 Å². The summed E-state index contributed by atoms with van der Waals surface area (Å²) in [5.74, 6) is -0.320. The number of rotatable bonds is 6. The van der Waals surface area contributed by atoms with Crippen molar-refractivity contribution in [2.24, 2.45) is 5.41 Å². The van der Waals surface area contributed by atoms with E-state index in [2.05, 4.69) is 24.0 Å². The maximum Gasteiger partial charge on any atom is 0.348 e. The van der Waals surface area contributed by atoms with Gasteiger partial charge in [-0.3, -0.25) is 4.79 Å². The molecule has 1 aromatic carbocycles. The van der Waals surface area contributed by atoms with Gasteiger partial charge in [0.05, 0.1) is 18.5 Å². The lowest BCUT2D eigenvalue weighted by Crippen LogP contribution is -2.39. The number of hydrogen-bond acceptors (Lipinski definition) is 7. The highest BCUT2D eigenvalue weighted by Gasteiger charge is 2.66. The predicted octanol–water partition coefficient (Wildman–Crippen LogP) is 3.84. The Balaban J connectivity index is 1.74. The zero-order valence-electron chi connectivity index (χ0n) is 19.5. The topological polar surface area (TPSA) is 87.6 Å². The van der Waals surface area contributed by atoms with E-state index in [0.29, 0.717) is 12.2 Å². The third-order valence-corrected chi connectivity index (χ3v) is 6.55. The number of hydrogen-bond donors (Lipinski definition) is 0.